The Hall–Kier alpha value is -2.93. The van der Waals surface area contributed by atoms with Gasteiger partial charge in [-0.3, -0.25) is 24.9 Å². The van der Waals surface area contributed by atoms with Crippen LogP contribution < -0.4 is 5.01 Å². The van der Waals surface area contributed by atoms with Crippen LogP contribution in [0.25, 0.3) is 10.8 Å². The third kappa shape index (κ3) is 3.96. The van der Waals surface area contributed by atoms with E-state index in [0.717, 1.165) is 34.0 Å². The highest BCUT2D eigenvalue weighted by Crippen LogP contribution is 2.35. The molecular formula is C22H20BrN3O3. The summed E-state index contributed by atoms with van der Waals surface area (Å²) in [4.78, 5) is 24.2. The zero-order valence-corrected chi connectivity index (χ0v) is 17.3. The predicted molar refractivity (Wildman–Crippen MR) is 117 cm³/mol. The average Bonchev–Trinajstić information content (AvgIpc) is 2.74. The van der Waals surface area contributed by atoms with Crippen LogP contribution in [0.1, 0.15) is 18.4 Å². The Morgan fingerprint density at radius 2 is 1.66 bits per heavy atom. The second-order valence-corrected chi connectivity index (χ2v) is 7.97. The molecule has 0 unspecified atom stereocenters. The maximum absolute atomic E-state index is 13.1. The number of anilines is 1. The maximum Gasteiger partial charge on any atom is 0.277 e. The highest BCUT2D eigenvalue weighted by molar-refractivity contribution is 9.10. The fourth-order valence-corrected chi connectivity index (χ4v) is 4.06. The number of carbonyl (C=O) groups is 1. The number of hydrogen-bond acceptors (Lipinski definition) is 4. The summed E-state index contributed by atoms with van der Waals surface area (Å²) in [6.07, 6.45) is 2.22. The van der Waals surface area contributed by atoms with E-state index in [0.29, 0.717) is 24.9 Å². The normalized spacial score (nSPS) is 14.2. The zero-order chi connectivity index (χ0) is 20.4. The fraction of sp³-hybridized carbons (Fsp3) is 0.227. The summed E-state index contributed by atoms with van der Waals surface area (Å²) >= 11 is 3.42. The quantitative estimate of drug-likeness (QED) is 0.407. The average molecular weight is 454 g/mol. The summed E-state index contributed by atoms with van der Waals surface area (Å²) in [5.41, 5.74) is 1.86. The van der Waals surface area contributed by atoms with Gasteiger partial charge in [0.1, 0.15) is 0 Å². The smallest absolute Gasteiger partial charge is 0.277 e. The molecule has 0 aliphatic carbocycles. The van der Waals surface area contributed by atoms with Gasteiger partial charge in [0, 0.05) is 29.0 Å². The van der Waals surface area contributed by atoms with Crippen molar-refractivity contribution in [1.82, 2.24) is 5.01 Å². The molecule has 3 aromatic carbocycles. The number of amides is 1. The van der Waals surface area contributed by atoms with Crippen LogP contribution in [-0.4, -0.2) is 28.9 Å². The third-order valence-corrected chi connectivity index (χ3v) is 5.72. The number of hydrogen-bond donors (Lipinski definition) is 0. The molecule has 1 saturated heterocycles. The molecule has 1 heterocycles. The minimum atomic E-state index is -0.362. The Morgan fingerprint density at radius 3 is 2.38 bits per heavy atom. The Bertz CT molecular complexity index is 1070. The number of nitrogens with zero attached hydrogens (tertiary/aromatic N) is 3. The van der Waals surface area contributed by atoms with Crippen molar-refractivity contribution in [2.45, 2.75) is 19.3 Å². The number of benzene rings is 3. The molecule has 0 atom stereocenters. The summed E-state index contributed by atoms with van der Waals surface area (Å²) in [5.74, 6) is 0.0226. The number of rotatable bonds is 4. The molecule has 0 N–H and O–H groups in total. The van der Waals surface area contributed by atoms with E-state index >= 15 is 0 Å². The van der Waals surface area contributed by atoms with Crippen LogP contribution >= 0.6 is 15.9 Å². The summed E-state index contributed by atoms with van der Waals surface area (Å²) in [7, 11) is 0. The summed E-state index contributed by atoms with van der Waals surface area (Å²) in [5, 5.41) is 16.6. The van der Waals surface area contributed by atoms with E-state index in [1.54, 1.807) is 23.2 Å². The van der Waals surface area contributed by atoms with Crippen molar-refractivity contribution in [3.05, 3.63) is 80.8 Å². The van der Waals surface area contributed by atoms with Gasteiger partial charge in [-0.15, -0.1) is 0 Å². The van der Waals surface area contributed by atoms with E-state index in [1.807, 2.05) is 41.4 Å². The molecule has 3 aromatic rings. The zero-order valence-electron chi connectivity index (χ0n) is 15.8. The first-order valence-corrected chi connectivity index (χ1v) is 10.3. The topological polar surface area (TPSA) is 66.7 Å². The van der Waals surface area contributed by atoms with Crippen LogP contribution in [0.15, 0.2) is 65.1 Å². The number of fused-ring (bicyclic) bond motifs is 1. The largest absolute Gasteiger partial charge is 0.282 e. The second-order valence-electron chi connectivity index (χ2n) is 7.06. The van der Waals surface area contributed by atoms with Crippen LogP contribution in [-0.2, 0) is 11.2 Å². The molecule has 1 amide bonds. The minimum absolute atomic E-state index is 0.0226. The Balaban J connectivity index is 1.69. The van der Waals surface area contributed by atoms with Crippen LogP contribution in [0.3, 0.4) is 0 Å². The van der Waals surface area contributed by atoms with Gasteiger partial charge in [-0.25, -0.2) is 0 Å². The summed E-state index contributed by atoms with van der Waals surface area (Å²) < 4.78 is 0.977. The maximum atomic E-state index is 13.1. The third-order valence-electron chi connectivity index (χ3n) is 5.19. The predicted octanol–water partition coefficient (Wildman–Crippen LogP) is 5.10. The molecule has 1 aliphatic rings. The van der Waals surface area contributed by atoms with E-state index < -0.39 is 0 Å². The van der Waals surface area contributed by atoms with Crippen molar-refractivity contribution in [2.75, 3.05) is 18.1 Å². The number of carbonyl (C=O) groups excluding carboxylic acids is 1. The lowest BCUT2D eigenvalue weighted by Gasteiger charge is -2.40. The summed E-state index contributed by atoms with van der Waals surface area (Å²) in [6.45, 7) is 1.34. The number of non-ortho nitro benzene ring substituents is 1. The van der Waals surface area contributed by atoms with E-state index in [-0.39, 0.29) is 16.5 Å². The highest BCUT2D eigenvalue weighted by atomic mass is 79.9. The van der Waals surface area contributed by atoms with Crippen molar-refractivity contribution >= 4 is 44.0 Å². The van der Waals surface area contributed by atoms with E-state index in [9.17, 15) is 14.9 Å². The molecule has 29 heavy (non-hydrogen) atoms. The highest BCUT2D eigenvalue weighted by Gasteiger charge is 2.27. The lowest BCUT2D eigenvalue weighted by atomic mass is 10.1. The molecule has 0 saturated carbocycles. The van der Waals surface area contributed by atoms with Gasteiger partial charge in [0.2, 0.25) is 5.91 Å². The van der Waals surface area contributed by atoms with Crippen molar-refractivity contribution in [3.63, 3.8) is 0 Å². The molecule has 0 aromatic heterocycles. The molecule has 0 spiro atoms. The molecule has 148 valence electrons. The van der Waals surface area contributed by atoms with Gasteiger partial charge >= 0.3 is 0 Å². The first kappa shape index (κ1) is 19.4. The first-order valence-electron chi connectivity index (χ1n) is 9.53. The van der Waals surface area contributed by atoms with Gasteiger partial charge in [-0.1, -0.05) is 46.3 Å². The monoisotopic (exact) mass is 453 g/mol. The van der Waals surface area contributed by atoms with Gasteiger partial charge in [0.25, 0.3) is 5.69 Å². The Labute approximate surface area is 177 Å². The molecule has 4 rings (SSSR count). The van der Waals surface area contributed by atoms with Gasteiger partial charge in [-0.05, 0) is 42.7 Å². The fourth-order valence-electron chi connectivity index (χ4n) is 3.79. The van der Waals surface area contributed by atoms with Crippen molar-refractivity contribution < 1.29 is 9.72 Å². The van der Waals surface area contributed by atoms with Gasteiger partial charge < -0.3 is 0 Å². The SMILES string of the molecule is O=C(Cc1ccc(Br)cc1)N1CCCCN1c1ccc([N+](=O)[O-])c2ccccc12. The van der Waals surface area contributed by atoms with Gasteiger partial charge in [-0.2, -0.15) is 0 Å². The lowest BCUT2D eigenvalue weighted by molar-refractivity contribution is -0.383. The van der Waals surface area contributed by atoms with E-state index in [2.05, 4.69) is 15.9 Å². The molecule has 0 radical (unpaired) electrons. The van der Waals surface area contributed by atoms with E-state index in [4.69, 9.17) is 0 Å². The van der Waals surface area contributed by atoms with Crippen molar-refractivity contribution in [1.29, 1.82) is 0 Å². The van der Waals surface area contributed by atoms with Crippen molar-refractivity contribution in [2.24, 2.45) is 0 Å². The molecule has 1 fully saturated rings. The molecular weight excluding hydrogens is 434 g/mol. The first-order chi connectivity index (χ1) is 14.0. The molecule has 6 nitrogen and oxygen atoms in total. The second kappa shape index (κ2) is 8.21. The van der Waals surface area contributed by atoms with Crippen LogP contribution in [0, 0.1) is 10.1 Å². The Morgan fingerprint density at radius 1 is 0.966 bits per heavy atom. The number of hydrazine groups is 1. The number of nitro groups is 1. The summed E-state index contributed by atoms with van der Waals surface area (Å²) in [6, 6.07) is 18.3. The standard InChI is InChI=1S/C22H20BrN3O3/c23-17-9-7-16(8-10-17)15-22(27)25-14-4-3-13-24(25)20-11-12-21(26(28)29)19-6-2-1-5-18(19)20/h1-2,5-12H,3-4,13-15H2. The van der Waals surface area contributed by atoms with Crippen LogP contribution in [0.4, 0.5) is 11.4 Å². The molecule has 7 heteroatoms. The van der Waals surface area contributed by atoms with Gasteiger partial charge in [0.15, 0.2) is 0 Å². The lowest BCUT2D eigenvalue weighted by Crippen LogP contribution is -2.51. The number of nitro benzene ring substituents is 1. The number of halogens is 1. The molecule has 1 aliphatic heterocycles. The van der Waals surface area contributed by atoms with E-state index in [1.165, 1.54) is 6.07 Å². The molecule has 0 bridgehead atoms. The van der Waals surface area contributed by atoms with Crippen LogP contribution in [0.5, 0.6) is 0 Å². The van der Waals surface area contributed by atoms with Crippen LogP contribution in [0.2, 0.25) is 0 Å². The minimum Gasteiger partial charge on any atom is -0.282 e. The van der Waals surface area contributed by atoms with Crippen molar-refractivity contribution in [3.8, 4) is 0 Å². The van der Waals surface area contributed by atoms with Gasteiger partial charge in [0.05, 0.1) is 22.4 Å². The Kier molecular flexibility index (Phi) is 5.49.